The largest absolute Gasteiger partial charge is 0.491 e. The van der Waals surface area contributed by atoms with Crippen molar-refractivity contribution in [2.75, 3.05) is 17.6 Å². The standard InChI is InChI=1S/C20H26N2O4S/c1-14(2)26-17-11-9-16(10-12-17)13-21-20(23)18-7-6-8-19(15(18)3)22(4)27(5,24)25/h6-12,14H,13H2,1-5H3,(H,21,23). The van der Waals surface area contributed by atoms with E-state index in [0.29, 0.717) is 23.4 Å². The maximum atomic E-state index is 12.6. The minimum absolute atomic E-state index is 0.107. The molecule has 2 rings (SSSR count). The lowest BCUT2D eigenvalue weighted by molar-refractivity contribution is 0.0950. The van der Waals surface area contributed by atoms with Crippen LogP contribution >= 0.6 is 0 Å². The Hall–Kier alpha value is -2.54. The third kappa shape index (κ3) is 5.47. The number of anilines is 1. The molecule has 1 amide bonds. The number of sulfonamides is 1. The molecule has 0 atom stereocenters. The molecule has 0 saturated carbocycles. The molecule has 27 heavy (non-hydrogen) atoms. The number of hydrogen-bond acceptors (Lipinski definition) is 4. The second-order valence-corrected chi connectivity index (χ2v) is 8.69. The summed E-state index contributed by atoms with van der Waals surface area (Å²) < 4.78 is 30.3. The number of carbonyl (C=O) groups is 1. The number of ether oxygens (including phenoxy) is 1. The minimum Gasteiger partial charge on any atom is -0.491 e. The smallest absolute Gasteiger partial charge is 0.251 e. The molecule has 0 heterocycles. The van der Waals surface area contributed by atoms with Crippen LogP contribution in [0.5, 0.6) is 5.75 Å². The van der Waals surface area contributed by atoms with Gasteiger partial charge in [-0.25, -0.2) is 8.42 Å². The molecule has 0 aliphatic rings. The van der Waals surface area contributed by atoms with E-state index in [1.54, 1.807) is 25.1 Å². The summed E-state index contributed by atoms with van der Waals surface area (Å²) in [6.45, 7) is 6.04. The lowest BCUT2D eigenvalue weighted by Crippen LogP contribution is -2.28. The maximum absolute atomic E-state index is 12.6. The Balaban J connectivity index is 2.10. The summed E-state index contributed by atoms with van der Waals surface area (Å²) in [5, 5.41) is 2.87. The molecule has 146 valence electrons. The summed E-state index contributed by atoms with van der Waals surface area (Å²) in [6, 6.07) is 12.6. The van der Waals surface area contributed by atoms with Crippen LogP contribution in [0.25, 0.3) is 0 Å². The van der Waals surface area contributed by atoms with Crippen LogP contribution < -0.4 is 14.4 Å². The monoisotopic (exact) mass is 390 g/mol. The Bertz CT molecular complexity index is 906. The van der Waals surface area contributed by atoms with Gasteiger partial charge in [0.25, 0.3) is 5.91 Å². The van der Waals surface area contributed by atoms with E-state index in [0.717, 1.165) is 17.6 Å². The van der Waals surface area contributed by atoms with Crippen LogP contribution in [0, 0.1) is 6.92 Å². The number of rotatable bonds is 7. The summed E-state index contributed by atoms with van der Waals surface area (Å²) >= 11 is 0. The van der Waals surface area contributed by atoms with E-state index in [9.17, 15) is 13.2 Å². The zero-order valence-electron chi connectivity index (χ0n) is 16.3. The number of benzene rings is 2. The molecule has 0 radical (unpaired) electrons. The lowest BCUT2D eigenvalue weighted by Gasteiger charge is -2.20. The van der Waals surface area contributed by atoms with E-state index < -0.39 is 10.0 Å². The molecule has 0 unspecified atom stereocenters. The predicted octanol–water partition coefficient (Wildman–Crippen LogP) is 3.11. The number of carbonyl (C=O) groups excluding carboxylic acids is 1. The van der Waals surface area contributed by atoms with Crippen LogP contribution in [0.1, 0.15) is 35.3 Å². The SMILES string of the molecule is Cc1c(C(=O)NCc2ccc(OC(C)C)cc2)cccc1N(C)S(C)(=O)=O. The number of nitrogens with one attached hydrogen (secondary N) is 1. The van der Waals surface area contributed by atoms with E-state index in [-0.39, 0.29) is 12.0 Å². The summed E-state index contributed by atoms with van der Waals surface area (Å²) in [7, 11) is -1.93. The number of nitrogens with zero attached hydrogens (tertiary/aromatic N) is 1. The molecule has 1 N–H and O–H groups in total. The molecule has 6 nitrogen and oxygen atoms in total. The van der Waals surface area contributed by atoms with Crippen LogP contribution in [0.3, 0.4) is 0 Å². The average Bonchev–Trinajstić information content (AvgIpc) is 2.59. The van der Waals surface area contributed by atoms with Gasteiger partial charge < -0.3 is 10.1 Å². The first-order chi connectivity index (χ1) is 12.6. The molecule has 0 aromatic heterocycles. The quantitative estimate of drug-likeness (QED) is 0.788. The van der Waals surface area contributed by atoms with E-state index in [1.807, 2.05) is 38.1 Å². The second-order valence-electron chi connectivity index (χ2n) is 6.67. The van der Waals surface area contributed by atoms with Crippen LogP contribution in [-0.2, 0) is 16.6 Å². The highest BCUT2D eigenvalue weighted by atomic mass is 32.2. The first kappa shape index (κ1) is 20.8. The van der Waals surface area contributed by atoms with Gasteiger partial charge >= 0.3 is 0 Å². The highest BCUT2D eigenvalue weighted by molar-refractivity contribution is 7.92. The fraction of sp³-hybridized carbons (Fsp3) is 0.350. The van der Waals surface area contributed by atoms with Crippen molar-refractivity contribution in [2.24, 2.45) is 0 Å². The Morgan fingerprint density at radius 3 is 2.33 bits per heavy atom. The van der Waals surface area contributed by atoms with Crippen molar-refractivity contribution in [3.05, 3.63) is 59.2 Å². The molecular formula is C20H26N2O4S. The van der Waals surface area contributed by atoms with E-state index in [2.05, 4.69) is 5.32 Å². The number of amides is 1. The Labute approximate surface area is 161 Å². The summed E-state index contributed by atoms with van der Waals surface area (Å²) in [5.41, 5.74) is 2.49. The molecule has 2 aromatic carbocycles. The first-order valence-electron chi connectivity index (χ1n) is 8.67. The zero-order valence-corrected chi connectivity index (χ0v) is 17.1. The molecule has 2 aromatic rings. The molecule has 0 saturated heterocycles. The molecule has 0 aliphatic heterocycles. The van der Waals surface area contributed by atoms with Gasteiger partial charge in [0.05, 0.1) is 18.0 Å². The molecule has 0 fully saturated rings. The topological polar surface area (TPSA) is 75.7 Å². The molecule has 0 aliphatic carbocycles. The highest BCUT2D eigenvalue weighted by Crippen LogP contribution is 2.24. The summed E-state index contributed by atoms with van der Waals surface area (Å²) in [4.78, 5) is 12.6. The van der Waals surface area contributed by atoms with Gasteiger partial charge in [-0.15, -0.1) is 0 Å². The average molecular weight is 391 g/mol. The van der Waals surface area contributed by atoms with Gasteiger partial charge in [0.1, 0.15) is 5.75 Å². The summed E-state index contributed by atoms with van der Waals surface area (Å²) in [6.07, 6.45) is 1.24. The van der Waals surface area contributed by atoms with Crippen LogP contribution in [0.2, 0.25) is 0 Å². The fourth-order valence-corrected chi connectivity index (χ4v) is 3.18. The van der Waals surface area contributed by atoms with Crippen molar-refractivity contribution in [3.8, 4) is 5.75 Å². The molecule has 7 heteroatoms. The van der Waals surface area contributed by atoms with Crippen molar-refractivity contribution >= 4 is 21.6 Å². The third-order valence-corrected chi connectivity index (χ3v) is 5.33. The van der Waals surface area contributed by atoms with E-state index in [4.69, 9.17) is 4.74 Å². The van der Waals surface area contributed by atoms with Crippen molar-refractivity contribution < 1.29 is 17.9 Å². The van der Waals surface area contributed by atoms with E-state index >= 15 is 0 Å². The first-order valence-corrected chi connectivity index (χ1v) is 10.5. The van der Waals surface area contributed by atoms with Crippen LogP contribution in [-0.4, -0.2) is 33.7 Å². The Kier molecular flexibility index (Phi) is 6.49. The van der Waals surface area contributed by atoms with Crippen molar-refractivity contribution in [1.82, 2.24) is 5.32 Å². The van der Waals surface area contributed by atoms with Crippen molar-refractivity contribution in [2.45, 2.75) is 33.4 Å². The number of hydrogen-bond donors (Lipinski definition) is 1. The minimum atomic E-state index is -3.40. The summed E-state index contributed by atoms with van der Waals surface area (Å²) in [5.74, 6) is 0.534. The Morgan fingerprint density at radius 1 is 1.15 bits per heavy atom. The van der Waals surface area contributed by atoms with Crippen molar-refractivity contribution in [1.29, 1.82) is 0 Å². The van der Waals surface area contributed by atoms with Gasteiger partial charge in [0, 0.05) is 19.2 Å². The molecular weight excluding hydrogens is 364 g/mol. The van der Waals surface area contributed by atoms with Gasteiger partial charge in [0.15, 0.2) is 0 Å². The van der Waals surface area contributed by atoms with E-state index in [1.165, 1.54) is 11.4 Å². The lowest BCUT2D eigenvalue weighted by atomic mass is 10.1. The Morgan fingerprint density at radius 2 is 1.78 bits per heavy atom. The van der Waals surface area contributed by atoms with Crippen molar-refractivity contribution in [3.63, 3.8) is 0 Å². The van der Waals surface area contributed by atoms with Crippen LogP contribution in [0.15, 0.2) is 42.5 Å². The van der Waals surface area contributed by atoms with Gasteiger partial charge in [-0.1, -0.05) is 18.2 Å². The van der Waals surface area contributed by atoms with Gasteiger partial charge in [-0.2, -0.15) is 0 Å². The fourth-order valence-electron chi connectivity index (χ4n) is 2.62. The highest BCUT2D eigenvalue weighted by Gasteiger charge is 2.18. The molecule has 0 bridgehead atoms. The van der Waals surface area contributed by atoms with Gasteiger partial charge in [-0.05, 0) is 56.2 Å². The second kappa shape index (κ2) is 8.43. The maximum Gasteiger partial charge on any atom is 0.251 e. The predicted molar refractivity (Wildman–Crippen MR) is 108 cm³/mol. The normalized spacial score (nSPS) is 11.3. The van der Waals surface area contributed by atoms with Gasteiger partial charge in [0.2, 0.25) is 10.0 Å². The van der Waals surface area contributed by atoms with Crippen LogP contribution in [0.4, 0.5) is 5.69 Å². The zero-order chi connectivity index (χ0) is 20.2. The molecule has 0 spiro atoms. The third-order valence-electron chi connectivity index (χ3n) is 4.13. The van der Waals surface area contributed by atoms with Gasteiger partial charge in [-0.3, -0.25) is 9.10 Å².